The largest absolute Gasteiger partial charge is 0.382 e. The Morgan fingerprint density at radius 3 is 2.58 bits per heavy atom. The second-order valence-electron chi connectivity index (χ2n) is 5.37. The van der Waals surface area contributed by atoms with Crippen LogP contribution in [0.4, 0.5) is 5.82 Å². The van der Waals surface area contributed by atoms with E-state index in [0.29, 0.717) is 27.7 Å². The van der Waals surface area contributed by atoms with Crippen molar-refractivity contribution in [1.29, 1.82) is 5.26 Å². The van der Waals surface area contributed by atoms with E-state index in [4.69, 9.17) is 11.0 Å². The summed E-state index contributed by atoms with van der Waals surface area (Å²) in [5, 5.41) is 8.67. The van der Waals surface area contributed by atoms with Crippen LogP contribution in [-0.2, 0) is 0 Å². The monoisotopic (exact) mass is 343 g/mol. The summed E-state index contributed by atoms with van der Waals surface area (Å²) in [5.74, 6) is -0.149. The number of nitrogens with two attached hydrogens (primary N) is 1. The summed E-state index contributed by atoms with van der Waals surface area (Å²) in [6.07, 6.45) is 1.33. The van der Waals surface area contributed by atoms with Crippen molar-refractivity contribution in [2.45, 2.75) is 38.1 Å². The first-order valence-corrected chi connectivity index (χ1v) is 8.07. The van der Waals surface area contributed by atoms with Gasteiger partial charge in [0.25, 0.3) is 0 Å². The summed E-state index contributed by atoms with van der Waals surface area (Å²) in [7, 11) is 0. The minimum atomic E-state index is -0.478. The van der Waals surface area contributed by atoms with Gasteiger partial charge in [0.15, 0.2) is 16.7 Å². The fraction of sp³-hybridized carbons (Fsp3) is 0.312. The van der Waals surface area contributed by atoms with Crippen LogP contribution in [0, 0.1) is 25.2 Å². The molecule has 0 aliphatic carbocycles. The van der Waals surface area contributed by atoms with Crippen molar-refractivity contribution in [3.05, 3.63) is 34.3 Å². The molecule has 0 aliphatic rings. The number of Topliss-reactive ketones (excluding diaryl/α,β-unsaturated/α-hetero) is 2. The third-order valence-corrected chi connectivity index (χ3v) is 4.58. The highest BCUT2D eigenvalue weighted by atomic mass is 32.2. The van der Waals surface area contributed by atoms with Gasteiger partial charge in [-0.3, -0.25) is 9.59 Å². The van der Waals surface area contributed by atoms with Crippen molar-refractivity contribution >= 4 is 29.1 Å². The number of anilines is 1. The minimum Gasteiger partial charge on any atom is -0.382 e. The standard InChI is InChI=1S/C16H17N5O2S/c1-7-12(9(3)22)8(2)20-13(7)14(23)10(4)24-16-19-6-11(5-17)15(18)21-16/h6,10,20H,1-4H3,(H2,18,19,21). The van der Waals surface area contributed by atoms with Crippen molar-refractivity contribution in [2.75, 3.05) is 5.73 Å². The number of nitrogen functional groups attached to an aromatic ring is 1. The average Bonchev–Trinajstić information content (AvgIpc) is 2.81. The molecule has 0 aliphatic heterocycles. The van der Waals surface area contributed by atoms with Crippen LogP contribution in [0.5, 0.6) is 0 Å². The molecule has 0 aromatic carbocycles. The lowest BCUT2D eigenvalue weighted by molar-refractivity contribution is 0.0988. The van der Waals surface area contributed by atoms with Gasteiger partial charge in [0.05, 0.1) is 17.1 Å². The second-order valence-corrected chi connectivity index (χ2v) is 6.68. The molecule has 2 rings (SSSR count). The number of H-pyrrole nitrogens is 1. The summed E-state index contributed by atoms with van der Waals surface area (Å²) in [6.45, 7) is 6.72. The van der Waals surface area contributed by atoms with Gasteiger partial charge in [-0.2, -0.15) is 5.26 Å². The van der Waals surface area contributed by atoms with Crippen molar-refractivity contribution < 1.29 is 9.59 Å². The molecule has 2 heterocycles. The first-order chi connectivity index (χ1) is 11.3. The lowest BCUT2D eigenvalue weighted by Crippen LogP contribution is -2.16. The highest BCUT2D eigenvalue weighted by molar-refractivity contribution is 8.00. The van der Waals surface area contributed by atoms with E-state index in [2.05, 4.69) is 15.0 Å². The van der Waals surface area contributed by atoms with Gasteiger partial charge >= 0.3 is 0 Å². The Hall–Kier alpha value is -2.66. The normalized spacial score (nSPS) is 11.8. The molecule has 0 fully saturated rings. The molecular weight excluding hydrogens is 326 g/mol. The number of ketones is 2. The van der Waals surface area contributed by atoms with Gasteiger partial charge in [-0.05, 0) is 33.3 Å². The van der Waals surface area contributed by atoms with Gasteiger partial charge in [0.2, 0.25) is 0 Å². The van der Waals surface area contributed by atoms with Crippen LogP contribution < -0.4 is 5.73 Å². The number of carbonyl (C=O) groups is 2. The van der Waals surface area contributed by atoms with E-state index in [0.717, 1.165) is 11.8 Å². The SMILES string of the molecule is CC(=O)c1c(C)[nH]c(C(=O)C(C)Sc2ncc(C#N)c(N)n2)c1C. The van der Waals surface area contributed by atoms with E-state index in [1.165, 1.54) is 13.1 Å². The number of nitrogens with zero attached hydrogens (tertiary/aromatic N) is 3. The minimum absolute atomic E-state index is 0.0798. The molecule has 0 saturated carbocycles. The molecule has 1 unspecified atom stereocenters. The van der Waals surface area contributed by atoms with E-state index in [1.54, 1.807) is 20.8 Å². The maximum absolute atomic E-state index is 12.7. The summed E-state index contributed by atoms with van der Waals surface area (Å²) in [6, 6.07) is 1.89. The smallest absolute Gasteiger partial charge is 0.192 e. The van der Waals surface area contributed by atoms with E-state index >= 15 is 0 Å². The number of hydrogen-bond donors (Lipinski definition) is 2. The molecule has 1 atom stereocenters. The Kier molecular flexibility index (Phi) is 5.04. The fourth-order valence-electron chi connectivity index (χ4n) is 2.46. The highest BCUT2D eigenvalue weighted by Gasteiger charge is 2.25. The number of thioether (sulfide) groups is 1. The second kappa shape index (κ2) is 6.84. The van der Waals surface area contributed by atoms with Crippen LogP contribution >= 0.6 is 11.8 Å². The van der Waals surface area contributed by atoms with Gasteiger partial charge in [-0.25, -0.2) is 9.97 Å². The molecule has 8 heteroatoms. The number of hydrogen-bond acceptors (Lipinski definition) is 7. The Bertz CT molecular complexity index is 866. The van der Waals surface area contributed by atoms with E-state index in [-0.39, 0.29) is 22.9 Å². The molecule has 3 N–H and O–H groups in total. The van der Waals surface area contributed by atoms with Crippen LogP contribution in [0.2, 0.25) is 0 Å². The predicted molar refractivity (Wildman–Crippen MR) is 91.1 cm³/mol. The number of carbonyl (C=O) groups excluding carboxylic acids is 2. The van der Waals surface area contributed by atoms with Crippen molar-refractivity contribution in [3.8, 4) is 6.07 Å². The topological polar surface area (TPSA) is 126 Å². The molecule has 0 radical (unpaired) electrons. The molecule has 0 saturated heterocycles. The van der Waals surface area contributed by atoms with Crippen LogP contribution in [0.1, 0.15) is 51.5 Å². The fourth-order valence-corrected chi connectivity index (χ4v) is 3.27. The molecular formula is C16H17N5O2S. The third-order valence-electron chi connectivity index (χ3n) is 3.60. The van der Waals surface area contributed by atoms with Crippen LogP contribution in [0.25, 0.3) is 0 Å². The molecule has 2 aromatic heterocycles. The van der Waals surface area contributed by atoms with Gasteiger partial charge in [-0.15, -0.1) is 0 Å². The lowest BCUT2D eigenvalue weighted by atomic mass is 10.0. The summed E-state index contributed by atoms with van der Waals surface area (Å²) in [4.78, 5) is 35.4. The van der Waals surface area contributed by atoms with Crippen molar-refractivity contribution in [3.63, 3.8) is 0 Å². The molecule has 0 amide bonds. The summed E-state index contributed by atoms with van der Waals surface area (Å²) in [5.41, 5.74) is 8.15. The van der Waals surface area contributed by atoms with E-state index in [9.17, 15) is 9.59 Å². The summed E-state index contributed by atoms with van der Waals surface area (Å²) >= 11 is 1.15. The predicted octanol–water partition coefficient (Wildman–Crippen LogP) is 2.44. The average molecular weight is 343 g/mol. The number of nitriles is 1. The maximum atomic E-state index is 12.7. The Morgan fingerprint density at radius 1 is 1.42 bits per heavy atom. The Balaban J connectivity index is 2.25. The molecule has 2 aromatic rings. The molecule has 7 nitrogen and oxygen atoms in total. The quantitative estimate of drug-likeness (QED) is 0.485. The van der Waals surface area contributed by atoms with E-state index in [1.807, 2.05) is 6.07 Å². The van der Waals surface area contributed by atoms with Gasteiger partial charge < -0.3 is 10.7 Å². The number of aromatic nitrogens is 3. The maximum Gasteiger partial charge on any atom is 0.192 e. The van der Waals surface area contributed by atoms with Gasteiger partial charge in [0, 0.05) is 11.3 Å². The summed E-state index contributed by atoms with van der Waals surface area (Å²) < 4.78 is 0. The molecule has 24 heavy (non-hydrogen) atoms. The van der Waals surface area contributed by atoms with Crippen LogP contribution in [0.15, 0.2) is 11.4 Å². The van der Waals surface area contributed by atoms with Gasteiger partial charge in [0.1, 0.15) is 17.5 Å². The zero-order chi connectivity index (χ0) is 18.0. The number of nitrogens with one attached hydrogen (secondary N) is 1. The van der Waals surface area contributed by atoms with Crippen LogP contribution in [-0.4, -0.2) is 31.8 Å². The van der Waals surface area contributed by atoms with Crippen molar-refractivity contribution in [1.82, 2.24) is 15.0 Å². The highest BCUT2D eigenvalue weighted by Crippen LogP contribution is 2.26. The van der Waals surface area contributed by atoms with Gasteiger partial charge in [-0.1, -0.05) is 11.8 Å². The molecule has 124 valence electrons. The first kappa shape index (κ1) is 17.7. The Labute approximate surface area is 143 Å². The molecule has 0 bridgehead atoms. The molecule has 0 spiro atoms. The third kappa shape index (κ3) is 3.31. The lowest BCUT2D eigenvalue weighted by Gasteiger charge is -2.09. The zero-order valence-corrected chi connectivity index (χ0v) is 14.6. The van der Waals surface area contributed by atoms with E-state index < -0.39 is 5.25 Å². The number of aryl methyl sites for hydroxylation is 1. The Morgan fingerprint density at radius 2 is 2.08 bits per heavy atom. The number of rotatable bonds is 5. The zero-order valence-electron chi connectivity index (χ0n) is 13.8. The first-order valence-electron chi connectivity index (χ1n) is 7.19. The van der Waals surface area contributed by atoms with Crippen molar-refractivity contribution in [2.24, 2.45) is 0 Å². The van der Waals surface area contributed by atoms with Crippen LogP contribution in [0.3, 0.4) is 0 Å². The number of aromatic amines is 1.